The smallest absolute Gasteiger partial charge is 0.298 e. The molecule has 6 heteroatoms. The van der Waals surface area contributed by atoms with Crippen molar-refractivity contribution in [1.82, 2.24) is 19.9 Å². The number of rotatable bonds is 1. The molecule has 2 rings (SSSR count). The Bertz CT molecular complexity index is 493. The molecule has 0 fully saturated rings. The van der Waals surface area contributed by atoms with E-state index in [-0.39, 0.29) is 22.7 Å². The van der Waals surface area contributed by atoms with E-state index in [1.165, 1.54) is 19.5 Å². The van der Waals surface area contributed by atoms with E-state index in [1.807, 2.05) is 0 Å². The van der Waals surface area contributed by atoms with Crippen LogP contribution in [0.3, 0.4) is 0 Å². The van der Waals surface area contributed by atoms with Crippen molar-refractivity contribution < 1.29 is 4.74 Å². The van der Waals surface area contributed by atoms with E-state index in [2.05, 4.69) is 19.9 Å². The van der Waals surface area contributed by atoms with Gasteiger partial charge in [-0.3, -0.25) is 9.78 Å². The van der Waals surface area contributed by atoms with Gasteiger partial charge in [-0.1, -0.05) is 0 Å². The molecule has 0 saturated heterocycles. The van der Waals surface area contributed by atoms with Crippen LogP contribution in [0.2, 0.25) is 0 Å². The highest BCUT2D eigenvalue weighted by atomic mass is 16.5. The summed E-state index contributed by atoms with van der Waals surface area (Å²) in [5.74, 6) is 0. The van der Waals surface area contributed by atoms with Crippen LogP contribution in [0.25, 0.3) is 11.2 Å². The van der Waals surface area contributed by atoms with Crippen LogP contribution < -0.4 is 10.3 Å². The minimum atomic E-state index is -0.352. The molecule has 0 amide bonds. The molecule has 0 radical (unpaired) electrons. The summed E-state index contributed by atoms with van der Waals surface area (Å²) in [7, 11) is 1.42. The Morgan fingerprint density at radius 3 is 2.92 bits per heavy atom. The Morgan fingerprint density at radius 2 is 2.15 bits per heavy atom. The van der Waals surface area contributed by atoms with Crippen molar-refractivity contribution >= 4 is 11.2 Å². The lowest BCUT2D eigenvalue weighted by Crippen LogP contribution is -2.11. The van der Waals surface area contributed by atoms with Crippen molar-refractivity contribution in [3.05, 3.63) is 22.7 Å². The standard InChI is InChI=1S/C7H6N4O2/c1-13-7-10-5-4(6(12)11-7)8-2-3-9-5/h2-3H,1H3,(H,9,10,11,12). The Balaban J connectivity index is 2.85. The van der Waals surface area contributed by atoms with Gasteiger partial charge in [-0.25, -0.2) is 9.97 Å². The number of nitrogens with zero attached hydrogens (tertiary/aromatic N) is 3. The molecular formula is C7H6N4O2. The van der Waals surface area contributed by atoms with Crippen LogP contribution in [0.5, 0.6) is 6.01 Å². The first-order chi connectivity index (χ1) is 6.31. The largest absolute Gasteiger partial charge is 0.468 e. The zero-order valence-corrected chi connectivity index (χ0v) is 6.81. The quantitative estimate of drug-likeness (QED) is 0.649. The molecule has 0 saturated carbocycles. The zero-order valence-electron chi connectivity index (χ0n) is 6.81. The molecule has 0 aliphatic carbocycles. The van der Waals surface area contributed by atoms with E-state index in [0.717, 1.165) is 0 Å². The summed E-state index contributed by atoms with van der Waals surface area (Å²) in [6.07, 6.45) is 2.90. The second kappa shape index (κ2) is 2.81. The number of nitrogens with one attached hydrogen (secondary N) is 1. The first-order valence-electron chi connectivity index (χ1n) is 3.56. The van der Waals surface area contributed by atoms with Crippen molar-refractivity contribution in [2.45, 2.75) is 0 Å². The molecule has 0 aliphatic rings. The normalized spacial score (nSPS) is 10.2. The second-order valence-corrected chi connectivity index (χ2v) is 2.30. The number of H-pyrrole nitrogens is 1. The predicted molar refractivity (Wildman–Crippen MR) is 44.5 cm³/mol. The van der Waals surface area contributed by atoms with Gasteiger partial charge in [0.2, 0.25) is 0 Å². The fourth-order valence-electron chi connectivity index (χ4n) is 0.950. The predicted octanol–water partition coefficient (Wildman–Crippen LogP) is -0.278. The Labute approximate surface area is 72.6 Å². The highest BCUT2D eigenvalue weighted by Gasteiger charge is 2.04. The van der Waals surface area contributed by atoms with Gasteiger partial charge in [0.1, 0.15) is 0 Å². The first kappa shape index (κ1) is 7.66. The van der Waals surface area contributed by atoms with Gasteiger partial charge in [-0.05, 0) is 0 Å². The van der Waals surface area contributed by atoms with E-state index >= 15 is 0 Å². The Hall–Kier alpha value is -1.98. The highest BCUT2D eigenvalue weighted by Crippen LogP contribution is 2.02. The van der Waals surface area contributed by atoms with Gasteiger partial charge in [0.15, 0.2) is 11.2 Å². The van der Waals surface area contributed by atoms with Crippen molar-refractivity contribution in [1.29, 1.82) is 0 Å². The maximum Gasteiger partial charge on any atom is 0.298 e. The summed E-state index contributed by atoms with van der Waals surface area (Å²) in [6.45, 7) is 0. The van der Waals surface area contributed by atoms with E-state index in [1.54, 1.807) is 0 Å². The summed E-state index contributed by atoms with van der Waals surface area (Å²) < 4.78 is 4.77. The van der Waals surface area contributed by atoms with Crippen molar-refractivity contribution in [2.24, 2.45) is 0 Å². The Kier molecular flexibility index (Phi) is 1.66. The number of hydrogen-bond donors (Lipinski definition) is 1. The van der Waals surface area contributed by atoms with Crippen LogP contribution in [0.1, 0.15) is 0 Å². The SMILES string of the molecule is COc1nc2nccnc2c(=O)[nH]1. The van der Waals surface area contributed by atoms with E-state index in [0.29, 0.717) is 0 Å². The number of hydrogen-bond acceptors (Lipinski definition) is 5. The molecule has 2 heterocycles. The molecule has 2 aromatic heterocycles. The third-order valence-corrected chi connectivity index (χ3v) is 1.52. The summed E-state index contributed by atoms with van der Waals surface area (Å²) in [5, 5.41) is 0. The molecule has 0 unspecified atom stereocenters. The van der Waals surface area contributed by atoms with Crippen LogP contribution in [-0.2, 0) is 0 Å². The molecule has 66 valence electrons. The zero-order chi connectivity index (χ0) is 9.26. The van der Waals surface area contributed by atoms with Crippen LogP contribution in [-0.4, -0.2) is 27.0 Å². The van der Waals surface area contributed by atoms with Gasteiger partial charge < -0.3 is 4.74 Å². The third-order valence-electron chi connectivity index (χ3n) is 1.52. The van der Waals surface area contributed by atoms with Crippen LogP contribution in [0, 0.1) is 0 Å². The van der Waals surface area contributed by atoms with Gasteiger partial charge >= 0.3 is 0 Å². The van der Waals surface area contributed by atoms with Crippen LogP contribution in [0.15, 0.2) is 17.2 Å². The minimum Gasteiger partial charge on any atom is -0.468 e. The molecule has 0 atom stereocenters. The molecule has 1 N–H and O–H groups in total. The fourth-order valence-corrected chi connectivity index (χ4v) is 0.950. The summed E-state index contributed by atoms with van der Waals surface area (Å²) in [4.78, 5) is 25.3. The Morgan fingerprint density at radius 1 is 1.38 bits per heavy atom. The summed E-state index contributed by atoms with van der Waals surface area (Å²) in [5.41, 5.74) is 0.140. The highest BCUT2D eigenvalue weighted by molar-refractivity contribution is 5.67. The summed E-state index contributed by atoms with van der Waals surface area (Å²) >= 11 is 0. The van der Waals surface area contributed by atoms with Gasteiger partial charge in [-0.2, -0.15) is 4.98 Å². The van der Waals surface area contributed by atoms with Crippen molar-refractivity contribution in [3.8, 4) is 6.01 Å². The fraction of sp³-hybridized carbons (Fsp3) is 0.143. The van der Waals surface area contributed by atoms with Crippen molar-refractivity contribution in [3.63, 3.8) is 0 Å². The number of aromatic nitrogens is 4. The maximum atomic E-state index is 11.3. The number of aromatic amines is 1. The maximum absolute atomic E-state index is 11.3. The molecule has 0 spiro atoms. The molecule has 0 bridgehead atoms. The van der Waals surface area contributed by atoms with Gasteiger partial charge in [0.25, 0.3) is 11.6 Å². The van der Waals surface area contributed by atoms with E-state index < -0.39 is 0 Å². The van der Waals surface area contributed by atoms with Gasteiger partial charge in [-0.15, -0.1) is 0 Å². The van der Waals surface area contributed by atoms with E-state index in [9.17, 15) is 4.79 Å². The van der Waals surface area contributed by atoms with Gasteiger partial charge in [0.05, 0.1) is 7.11 Å². The molecule has 0 aromatic carbocycles. The lowest BCUT2D eigenvalue weighted by atomic mass is 10.5. The number of methoxy groups -OCH3 is 1. The van der Waals surface area contributed by atoms with Gasteiger partial charge in [0, 0.05) is 12.4 Å². The average molecular weight is 178 g/mol. The first-order valence-corrected chi connectivity index (χ1v) is 3.56. The minimum absolute atomic E-state index is 0.137. The van der Waals surface area contributed by atoms with E-state index in [4.69, 9.17) is 4.74 Å². The average Bonchev–Trinajstić information content (AvgIpc) is 2.18. The molecule has 0 aliphatic heterocycles. The lowest BCUT2D eigenvalue weighted by Gasteiger charge is -1.97. The second-order valence-electron chi connectivity index (χ2n) is 2.30. The van der Waals surface area contributed by atoms with Crippen molar-refractivity contribution in [2.75, 3.05) is 7.11 Å². The van der Waals surface area contributed by atoms with Crippen LogP contribution >= 0.6 is 0 Å². The molecule has 6 nitrogen and oxygen atoms in total. The monoisotopic (exact) mass is 178 g/mol. The molecular weight excluding hydrogens is 172 g/mol. The van der Waals surface area contributed by atoms with Crippen LogP contribution in [0.4, 0.5) is 0 Å². The topological polar surface area (TPSA) is 80.8 Å². The summed E-state index contributed by atoms with van der Waals surface area (Å²) in [6, 6.07) is 0.137. The third kappa shape index (κ3) is 1.22. The number of ether oxygens (including phenoxy) is 1. The molecule has 13 heavy (non-hydrogen) atoms. The number of fused-ring (bicyclic) bond motifs is 1. The lowest BCUT2D eigenvalue weighted by molar-refractivity contribution is 0.380. The molecule has 2 aromatic rings.